The van der Waals surface area contributed by atoms with Gasteiger partial charge in [-0.2, -0.15) is 0 Å². The maximum Gasteiger partial charge on any atom is 0.163 e. The summed E-state index contributed by atoms with van der Waals surface area (Å²) in [5, 5.41) is 30.8. The van der Waals surface area contributed by atoms with E-state index < -0.39 is 30.7 Å². The maximum absolute atomic E-state index is 10.5. The van der Waals surface area contributed by atoms with Gasteiger partial charge in [-0.25, -0.2) is 0 Å². The monoisotopic (exact) mass is 316 g/mol. The Kier molecular flexibility index (Phi) is 5.89. The molecule has 2 aliphatic rings. The molecule has 0 spiro atoms. The lowest BCUT2D eigenvalue weighted by molar-refractivity contribution is -0.307. The van der Waals surface area contributed by atoms with Gasteiger partial charge in [0.2, 0.25) is 0 Å². The minimum atomic E-state index is -0.882. The van der Waals surface area contributed by atoms with Gasteiger partial charge in [-0.15, -0.1) is 0 Å². The highest BCUT2D eigenvalue weighted by atomic mass is 16.7. The zero-order valence-corrected chi connectivity index (χ0v) is 14.3. The molecule has 1 saturated carbocycles. The van der Waals surface area contributed by atoms with E-state index in [1.165, 1.54) is 0 Å². The van der Waals surface area contributed by atoms with Gasteiger partial charge < -0.3 is 24.8 Å². The van der Waals surface area contributed by atoms with Crippen molar-refractivity contribution in [1.82, 2.24) is 0 Å². The predicted octanol–water partition coefficient (Wildman–Crippen LogP) is 1.54. The highest BCUT2D eigenvalue weighted by Gasteiger charge is 2.46. The molecule has 0 amide bonds. The van der Waals surface area contributed by atoms with Crippen molar-refractivity contribution in [2.24, 2.45) is 23.7 Å². The smallest absolute Gasteiger partial charge is 0.163 e. The van der Waals surface area contributed by atoms with E-state index in [-0.39, 0.29) is 23.9 Å². The van der Waals surface area contributed by atoms with Crippen molar-refractivity contribution in [3.05, 3.63) is 0 Å². The summed E-state index contributed by atoms with van der Waals surface area (Å²) >= 11 is 0. The van der Waals surface area contributed by atoms with Gasteiger partial charge in [0, 0.05) is 5.92 Å². The molecule has 0 aromatic rings. The molecule has 10 unspecified atom stereocenters. The Morgan fingerprint density at radius 3 is 2.14 bits per heavy atom. The minimum Gasteiger partial charge on any atom is -0.390 e. The van der Waals surface area contributed by atoms with Crippen LogP contribution in [0.25, 0.3) is 0 Å². The normalized spacial score (nSPS) is 53.5. The van der Waals surface area contributed by atoms with Crippen LogP contribution in [0, 0.1) is 23.7 Å². The Morgan fingerprint density at radius 2 is 1.55 bits per heavy atom. The van der Waals surface area contributed by atoms with Crippen LogP contribution in [-0.4, -0.2) is 52.1 Å². The first kappa shape index (κ1) is 18.1. The predicted molar refractivity (Wildman–Crippen MR) is 83.1 cm³/mol. The molecule has 1 heterocycles. The number of rotatable bonds is 3. The first-order valence-electron chi connectivity index (χ1n) is 8.63. The summed E-state index contributed by atoms with van der Waals surface area (Å²) in [4.78, 5) is 0. The summed E-state index contributed by atoms with van der Waals surface area (Å²) in [6.45, 7) is 10.0. The van der Waals surface area contributed by atoms with Gasteiger partial charge >= 0.3 is 0 Å². The lowest BCUT2D eigenvalue weighted by Crippen LogP contribution is -2.57. The molecule has 3 N–H and O–H groups in total. The van der Waals surface area contributed by atoms with Gasteiger partial charge in [-0.1, -0.05) is 34.6 Å². The number of aliphatic hydroxyl groups excluding tert-OH is 3. The van der Waals surface area contributed by atoms with E-state index in [1.807, 2.05) is 13.8 Å². The number of ether oxygens (including phenoxy) is 2. The second-order valence-electron chi connectivity index (χ2n) is 7.43. The molecule has 130 valence electrons. The van der Waals surface area contributed by atoms with E-state index >= 15 is 0 Å². The van der Waals surface area contributed by atoms with Gasteiger partial charge in [-0.05, 0) is 30.6 Å². The van der Waals surface area contributed by atoms with Crippen LogP contribution in [0.3, 0.4) is 0 Å². The van der Waals surface area contributed by atoms with Crippen LogP contribution < -0.4 is 0 Å². The van der Waals surface area contributed by atoms with Crippen molar-refractivity contribution in [2.75, 3.05) is 0 Å². The molecule has 1 saturated heterocycles. The van der Waals surface area contributed by atoms with E-state index in [9.17, 15) is 15.3 Å². The van der Waals surface area contributed by atoms with E-state index in [0.717, 1.165) is 6.42 Å². The van der Waals surface area contributed by atoms with Crippen LogP contribution in [0.5, 0.6) is 0 Å². The molecule has 2 rings (SSSR count). The Balaban J connectivity index is 2.08. The molecule has 5 heteroatoms. The maximum atomic E-state index is 10.5. The highest BCUT2D eigenvalue weighted by molar-refractivity contribution is 4.91. The van der Waals surface area contributed by atoms with Crippen LogP contribution in [0.4, 0.5) is 0 Å². The molecule has 0 radical (unpaired) electrons. The van der Waals surface area contributed by atoms with Crippen LogP contribution in [0.1, 0.15) is 47.5 Å². The Morgan fingerprint density at radius 1 is 0.909 bits per heavy atom. The third-order valence-corrected chi connectivity index (χ3v) is 5.78. The van der Waals surface area contributed by atoms with Crippen molar-refractivity contribution in [3.8, 4) is 0 Å². The van der Waals surface area contributed by atoms with Crippen LogP contribution in [0.15, 0.2) is 0 Å². The second kappa shape index (κ2) is 7.14. The fraction of sp³-hybridized carbons (Fsp3) is 1.00. The molecule has 22 heavy (non-hydrogen) atoms. The highest BCUT2D eigenvalue weighted by Crippen LogP contribution is 2.38. The lowest BCUT2D eigenvalue weighted by Gasteiger charge is -2.46. The first-order valence-corrected chi connectivity index (χ1v) is 8.63. The molecule has 0 aromatic heterocycles. The zero-order chi connectivity index (χ0) is 16.6. The molecular formula is C17H32O5. The Labute approximate surface area is 133 Å². The molecule has 1 aliphatic carbocycles. The van der Waals surface area contributed by atoms with Crippen LogP contribution in [-0.2, 0) is 9.47 Å². The first-order chi connectivity index (χ1) is 10.3. The van der Waals surface area contributed by atoms with Gasteiger partial charge in [-0.3, -0.25) is 0 Å². The summed E-state index contributed by atoms with van der Waals surface area (Å²) in [6.07, 6.45) is -1.97. The fourth-order valence-electron chi connectivity index (χ4n) is 3.84. The van der Waals surface area contributed by atoms with Gasteiger partial charge in [0.15, 0.2) is 6.29 Å². The van der Waals surface area contributed by atoms with Crippen LogP contribution >= 0.6 is 0 Å². The average molecular weight is 316 g/mol. The molecule has 0 aromatic carbocycles. The summed E-state index contributed by atoms with van der Waals surface area (Å²) in [6, 6.07) is 0. The van der Waals surface area contributed by atoms with Crippen molar-refractivity contribution in [2.45, 2.75) is 84.3 Å². The van der Waals surface area contributed by atoms with Gasteiger partial charge in [0.1, 0.15) is 6.10 Å². The molecule has 1 aliphatic heterocycles. The molecular weight excluding hydrogens is 284 g/mol. The summed E-state index contributed by atoms with van der Waals surface area (Å²) in [7, 11) is 0. The largest absolute Gasteiger partial charge is 0.390 e. The van der Waals surface area contributed by atoms with E-state index in [4.69, 9.17) is 9.47 Å². The Hall–Kier alpha value is -0.200. The van der Waals surface area contributed by atoms with Crippen molar-refractivity contribution < 1.29 is 24.8 Å². The van der Waals surface area contributed by atoms with Gasteiger partial charge in [0.25, 0.3) is 0 Å². The average Bonchev–Trinajstić information content (AvgIpc) is 2.49. The number of aliphatic hydroxyl groups is 3. The molecule has 0 bridgehead atoms. The number of hydrogen-bond donors (Lipinski definition) is 3. The zero-order valence-electron chi connectivity index (χ0n) is 14.3. The van der Waals surface area contributed by atoms with E-state index in [0.29, 0.717) is 12.3 Å². The minimum absolute atomic E-state index is 0.178. The SMILES string of the molecule is CCC1OC(OC2C(C)CC(C)C(C)C2O)C(C)C(O)C1O. The summed E-state index contributed by atoms with van der Waals surface area (Å²) < 4.78 is 11.9. The third-order valence-electron chi connectivity index (χ3n) is 5.78. The van der Waals surface area contributed by atoms with Crippen molar-refractivity contribution in [1.29, 1.82) is 0 Å². The second-order valence-corrected chi connectivity index (χ2v) is 7.43. The fourth-order valence-corrected chi connectivity index (χ4v) is 3.84. The van der Waals surface area contributed by atoms with Crippen molar-refractivity contribution >= 4 is 0 Å². The molecule has 10 atom stereocenters. The van der Waals surface area contributed by atoms with E-state index in [2.05, 4.69) is 20.8 Å². The molecule has 2 fully saturated rings. The Bertz CT molecular complexity index is 361. The summed E-state index contributed by atoms with van der Waals surface area (Å²) in [5.41, 5.74) is 0. The van der Waals surface area contributed by atoms with E-state index in [1.54, 1.807) is 0 Å². The standard InChI is InChI=1S/C17H32O5/c1-6-12-15(20)13(18)11(5)17(21-12)22-16-9(3)7-8(2)10(4)14(16)19/h8-20H,6-7H2,1-5H3. The third kappa shape index (κ3) is 3.34. The van der Waals surface area contributed by atoms with Gasteiger partial charge in [0.05, 0.1) is 24.4 Å². The quantitative estimate of drug-likeness (QED) is 0.736. The van der Waals surface area contributed by atoms with Crippen molar-refractivity contribution in [3.63, 3.8) is 0 Å². The number of hydrogen-bond acceptors (Lipinski definition) is 5. The van der Waals surface area contributed by atoms with Crippen LogP contribution in [0.2, 0.25) is 0 Å². The topological polar surface area (TPSA) is 79.2 Å². The summed E-state index contributed by atoms with van der Waals surface area (Å²) in [5.74, 6) is 0.552. The molecule has 5 nitrogen and oxygen atoms in total. The lowest BCUT2D eigenvalue weighted by atomic mass is 9.73.